The molecule has 4 heteroatoms. The highest BCUT2D eigenvalue weighted by Crippen LogP contribution is 2.38. The molecule has 1 rings (SSSR count). The Labute approximate surface area is 117 Å². The van der Waals surface area contributed by atoms with Crippen LogP contribution in [0.15, 0.2) is 18.2 Å². The van der Waals surface area contributed by atoms with Gasteiger partial charge in [0.05, 0.1) is 12.7 Å². The third-order valence-electron chi connectivity index (χ3n) is 3.73. The maximum absolute atomic E-state index is 11.6. The van der Waals surface area contributed by atoms with Gasteiger partial charge in [0.1, 0.15) is 11.5 Å². The van der Waals surface area contributed by atoms with Crippen molar-refractivity contribution in [2.24, 2.45) is 0 Å². The van der Waals surface area contributed by atoms with Gasteiger partial charge in [-0.3, -0.25) is 4.79 Å². The summed E-state index contributed by atoms with van der Waals surface area (Å²) >= 11 is 0. The Hall–Kier alpha value is -1.29. The molecule has 0 saturated carbocycles. The molecule has 1 aromatic rings. The summed E-state index contributed by atoms with van der Waals surface area (Å²) in [4.78, 5) is 11.6. The van der Waals surface area contributed by atoms with Crippen molar-refractivity contribution in [1.82, 2.24) is 0 Å². The van der Waals surface area contributed by atoms with Gasteiger partial charge in [0.15, 0.2) is 5.78 Å². The Balaban J connectivity index is 3.11. The minimum atomic E-state index is -1.88. The lowest BCUT2D eigenvalue weighted by Gasteiger charge is -2.36. The molecular weight excluding hydrogens is 256 g/mol. The second-order valence-corrected chi connectivity index (χ2v) is 11.0. The quantitative estimate of drug-likeness (QED) is 0.610. The van der Waals surface area contributed by atoms with E-state index < -0.39 is 8.32 Å². The maximum atomic E-state index is 11.6. The number of hydrogen-bond donors (Lipinski definition) is 0. The van der Waals surface area contributed by atoms with Crippen molar-refractivity contribution >= 4 is 14.1 Å². The van der Waals surface area contributed by atoms with E-state index in [1.165, 1.54) is 6.92 Å². The molecule has 106 valence electrons. The Morgan fingerprint density at radius 2 is 1.79 bits per heavy atom. The van der Waals surface area contributed by atoms with E-state index in [1.807, 2.05) is 6.07 Å². The fourth-order valence-electron chi connectivity index (χ4n) is 1.47. The van der Waals surface area contributed by atoms with Crippen molar-refractivity contribution in [2.45, 2.75) is 45.8 Å². The Morgan fingerprint density at radius 1 is 1.21 bits per heavy atom. The van der Waals surface area contributed by atoms with Crippen LogP contribution in [0.5, 0.6) is 11.5 Å². The van der Waals surface area contributed by atoms with Crippen LogP contribution in [0, 0.1) is 0 Å². The molecule has 0 aliphatic carbocycles. The summed E-state index contributed by atoms with van der Waals surface area (Å²) in [6.07, 6.45) is 0. The molecule has 0 N–H and O–H groups in total. The molecule has 1 aromatic carbocycles. The average molecular weight is 280 g/mol. The van der Waals surface area contributed by atoms with Crippen molar-refractivity contribution in [1.29, 1.82) is 0 Å². The van der Waals surface area contributed by atoms with Gasteiger partial charge in [-0.1, -0.05) is 20.8 Å². The molecular formula is C15H24O3Si. The van der Waals surface area contributed by atoms with Crippen molar-refractivity contribution in [3.05, 3.63) is 23.8 Å². The van der Waals surface area contributed by atoms with Crippen molar-refractivity contribution in [3.8, 4) is 11.5 Å². The SMILES string of the molecule is COc1ccc(O[Si](C)(C)C(C)(C)C)cc1C(C)=O. The van der Waals surface area contributed by atoms with Crippen LogP contribution < -0.4 is 9.16 Å². The van der Waals surface area contributed by atoms with E-state index in [2.05, 4.69) is 33.9 Å². The number of ketones is 1. The van der Waals surface area contributed by atoms with Gasteiger partial charge in [-0.25, -0.2) is 0 Å². The van der Waals surface area contributed by atoms with Gasteiger partial charge in [0.25, 0.3) is 0 Å². The van der Waals surface area contributed by atoms with Gasteiger partial charge in [0, 0.05) is 0 Å². The molecule has 19 heavy (non-hydrogen) atoms. The molecule has 0 aliphatic rings. The van der Waals surface area contributed by atoms with Crippen LogP contribution in [0.3, 0.4) is 0 Å². The lowest BCUT2D eigenvalue weighted by Crippen LogP contribution is -2.43. The lowest BCUT2D eigenvalue weighted by atomic mass is 10.1. The van der Waals surface area contributed by atoms with Crippen LogP contribution in [-0.2, 0) is 0 Å². The van der Waals surface area contributed by atoms with Gasteiger partial charge in [0.2, 0.25) is 8.32 Å². The number of hydrogen-bond acceptors (Lipinski definition) is 3. The summed E-state index contributed by atoms with van der Waals surface area (Å²) in [5.41, 5.74) is 0.568. The van der Waals surface area contributed by atoms with Crippen molar-refractivity contribution in [2.75, 3.05) is 7.11 Å². The monoisotopic (exact) mass is 280 g/mol. The van der Waals surface area contributed by atoms with E-state index in [-0.39, 0.29) is 10.8 Å². The van der Waals surface area contributed by atoms with E-state index >= 15 is 0 Å². The first-order valence-corrected chi connectivity index (χ1v) is 9.37. The van der Waals surface area contributed by atoms with E-state index in [9.17, 15) is 4.79 Å². The van der Waals surface area contributed by atoms with E-state index in [0.29, 0.717) is 11.3 Å². The third kappa shape index (κ3) is 3.59. The number of Topliss-reactive ketones (excluding diaryl/α,β-unsaturated/α-hetero) is 1. The van der Waals surface area contributed by atoms with Crippen molar-refractivity contribution < 1.29 is 14.0 Å². The van der Waals surface area contributed by atoms with Crippen LogP contribution in [0.4, 0.5) is 0 Å². The molecule has 0 atom stereocenters. The first-order valence-electron chi connectivity index (χ1n) is 6.46. The third-order valence-corrected chi connectivity index (χ3v) is 8.09. The van der Waals surface area contributed by atoms with Gasteiger partial charge < -0.3 is 9.16 Å². The number of carbonyl (C=O) groups excluding carboxylic acids is 1. The van der Waals surface area contributed by atoms with Gasteiger partial charge >= 0.3 is 0 Å². The molecule has 3 nitrogen and oxygen atoms in total. The summed E-state index contributed by atoms with van der Waals surface area (Å²) in [6.45, 7) is 12.5. The largest absolute Gasteiger partial charge is 0.543 e. The summed E-state index contributed by atoms with van der Waals surface area (Å²) < 4.78 is 11.4. The molecule has 0 fully saturated rings. The van der Waals surface area contributed by atoms with Crippen molar-refractivity contribution in [3.63, 3.8) is 0 Å². The highest BCUT2D eigenvalue weighted by molar-refractivity contribution is 6.74. The van der Waals surface area contributed by atoms with Crippen LogP contribution in [0.25, 0.3) is 0 Å². The number of methoxy groups -OCH3 is 1. The van der Waals surface area contributed by atoms with Gasteiger partial charge in [-0.05, 0) is 43.3 Å². The van der Waals surface area contributed by atoms with E-state index in [0.717, 1.165) is 5.75 Å². The predicted octanol–water partition coefficient (Wildman–Crippen LogP) is 4.28. The molecule has 0 saturated heterocycles. The van der Waals surface area contributed by atoms with Crippen LogP contribution >= 0.6 is 0 Å². The molecule has 0 bridgehead atoms. The second kappa shape index (κ2) is 5.37. The molecule has 0 unspecified atom stereocenters. The fourth-order valence-corrected chi connectivity index (χ4v) is 2.50. The highest BCUT2D eigenvalue weighted by atomic mass is 28.4. The molecule has 0 aliphatic heterocycles. The standard InChI is InChI=1S/C15H24O3Si/c1-11(16)13-10-12(8-9-14(13)17-5)18-19(6,7)15(2,3)4/h8-10H,1-7H3. The Kier molecular flexibility index (Phi) is 4.45. The zero-order chi connectivity index (χ0) is 14.8. The molecule has 0 spiro atoms. The smallest absolute Gasteiger partial charge is 0.250 e. The predicted molar refractivity (Wildman–Crippen MR) is 80.8 cm³/mol. The van der Waals surface area contributed by atoms with E-state index in [1.54, 1.807) is 19.2 Å². The first-order chi connectivity index (χ1) is 8.58. The number of carbonyl (C=O) groups is 1. The molecule has 0 radical (unpaired) electrons. The van der Waals surface area contributed by atoms with Gasteiger partial charge in [-0.15, -0.1) is 0 Å². The zero-order valence-electron chi connectivity index (χ0n) is 13.0. The Bertz CT molecular complexity index is 473. The van der Waals surface area contributed by atoms with Crippen LogP contribution in [-0.4, -0.2) is 21.2 Å². The highest BCUT2D eigenvalue weighted by Gasteiger charge is 2.39. The molecule has 0 amide bonds. The number of rotatable bonds is 4. The minimum absolute atomic E-state index is 0.0162. The zero-order valence-corrected chi connectivity index (χ0v) is 14.0. The Morgan fingerprint density at radius 3 is 2.21 bits per heavy atom. The summed E-state index contributed by atoms with van der Waals surface area (Å²) in [7, 11) is -0.318. The number of ether oxygens (including phenoxy) is 1. The molecule has 0 heterocycles. The maximum Gasteiger partial charge on any atom is 0.250 e. The van der Waals surface area contributed by atoms with Crippen LogP contribution in [0.2, 0.25) is 18.1 Å². The number of benzene rings is 1. The average Bonchev–Trinajstić information content (AvgIpc) is 2.26. The fraction of sp³-hybridized carbons (Fsp3) is 0.533. The van der Waals surface area contributed by atoms with E-state index in [4.69, 9.17) is 9.16 Å². The van der Waals surface area contributed by atoms with Crippen LogP contribution in [0.1, 0.15) is 38.1 Å². The summed E-state index contributed by atoms with van der Waals surface area (Å²) in [6, 6.07) is 5.44. The summed E-state index contributed by atoms with van der Waals surface area (Å²) in [5.74, 6) is 1.32. The lowest BCUT2D eigenvalue weighted by molar-refractivity contribution is 0.101. The minimum Gasteiger partial charge on any atom is -0.543 e. The normalized spacial score (nSPS) is 12.2. The van der Waals surface area contributed by atoms with Gasteiger partial charge in [-0.2, -0.15) is 0 Å². The first kappa shape index (κ1) is 15.8. The molecule has 0 aromatic heterocycles. The topological polar surface area (TPSA) is 35.5 Å². The summed E-state index contributed by atoms with van der Waals surface area (Å²) in [5, 5.41) is 0.128. The second-order valence-electron chi connectivity index (χ2n) is 6.28.